The molecule has 1 amide bonds. The number of hydrogen-bond acceptors (Lipinski definition) is 3. The second-order valence-corrected chi connectivity index (χ2v) is 8.24. The minimum absolute atomic E-state index is 0.212. The molecule has 2 aromatic heterocycles. The maximum Gasteiger partial charge on any atom is 0.410 e. The Kier molecular flexibility index (Phi) is 4.60. The van der Waals surface area contributed by atoms with E-state index in [-0.39, 0.29) is 6.09 Å². The molecule has 0 atom stereocenters. The predicted octanol–water partition coefficient (Wildman–Crippen LogP) is 4.68. The summed E-state index contributed by atoms with van der Waals surface area (Å²) >= 11 is 3.60. The third-order valence-electron chi connectivity index (χ3n) is 4.36. The lowest BCUT2D eigenvalue weighted by Crippen LogP contribution is -2.42. The van der Waals surface area contributed by atoms with Gasteiger partial charge in [0, 0.05) is 40.9 Å². The molecular weight excluding hydrogens is 370 g/mol. The molecule has 0 aromatic carbocycles. The van der Waals surface area contributed by atoms with Crippen molar-refractivity contribution >= 4 is 33.1 Å². The lowest BCUT2D eigenvalue weighted by molar-refractivity contribution is 0.0189. The molecule has 3 heterocycles. The first-order valence-corrected chi connectivity index (χ1v) is 9.15. The molecule has 3 rings (SSSR count). The average molecular weight is 394 g/mol. The molecular formula is C18H24BrN3O2. The molecule has 0 spiro atoms. The zero-order chi connectivity index (χ0) is 17.5. The van der Waals surface area contributed by atoms with Gasteiger partial charge in [-0.3, -0.25) is 0 Å². The first-order valence-electron chi connectivity index (χ1n) is 8.36. The Labute approximate surface area is 151 Å². The molecule has 0 aliphatic carbocycles. The van der Waals surface area contributed by atoms with E-state index in [2.05, 4.69) is 38.5 Å². The van der Waals surface area contributed by atoms with E-state index in [1.54, 1.807) is 0 Å². The maximum absolute atomic E-state index is 12.2. The molecule has 2 aromatic rings. The van der Waals surface area contributed by atoms with Crippen molar-refractivity contribution in [3.05, 3.63) is 28.5 Å². The van der Waals surface area contributed by atoms with E-state index >= 15 is 0 Å². The summed E-state index contributed by atoms with van der Waals surface area (Å²) < 4.78 is 8.86. The van der Waals surface area contributed by atoms with Crippen molar-refractivity contribution in [1.82, 2.24) is 14.5 Å². The van der Waals surface area contributed by atoms with Crippen LogP contribution in [0.25, 0.3) is 11.0 Å². The van der Waals surface area contributed by atoms with Gasteiger partial charge in [-0.1, -0.05) is 0 Å². The third-order valence-corrected chi connectivity index (χ3v) is 5.05. The van der Waals surface area contributed by atoms with Gasteiger partial charge in [0.05, 0.1) is 0 Å². The summed E-state index contributed by atoms with van der Waals surface area (Å²) in [6, 6.07) is 4.51. The van der Waals surface area contributed by atoms with E-state index < -0.39 is 5.60 Å². The minimum atomic E-state index is -0.447. The summed E-state index contributed by atoms with van der Waals surface area (Å²) in [6.07, 6.45) is 3.45. The van der Waals surface area contributed by atoms with Crippen LogP contribution in [0.15, 0.2) is 22.8 Å². The zero-order valence-corrected chi connectivity index (χ0v) is 16.3. The molecule has 1 fully saturated rings. The summed E-state index contributed by atoms with van der Waals surface area (Å²) in [5, 5.41) is 1.14. The number of nitrogens with zero attached hydrogens (tertiary/aromatic N) is 3. The summed E-state index contributed by atoms with van der Waals surface area (Å²) in [4.78, 5) is 18.6. The quantitative estimate of drug-likeness (QED) is 0.706. The second-order valence-electron chi connectivity index (χ2n) is 7.38. The van der Waals surface area contributed by atoms with Crippen LogP contribution in [0.1, 0.15) is 45.3 Å². The van der Waals surface area contributed by atoms with E-state index in [1.165, 1.54) is 5.69 Å². The van der Waals surface area contributed by atoms with Crippen molar-refractivity contribution in [3.63, 3.8) is 0 Å². The Morgan fingerprint density at radius 3 is 2.62 bits per heavy atom. The van der Waals surface area contributed by atoms with Gasteiger partial charge in [0.25, 0.3) is 0 Å². The number of piperidine rings is 1. The zero-order valence-electron chi connectivity index (χ0n) is 14.7. The molecule has 1 saturated heterocycles. The van der Waals surface area contributed by atoms with Gasteiger partial charge in [-0.15, -0.1) is 0 Å². The van der Waals surface area contributed by atoms with E-state index in [9.17, 15) is 4.79 Å². The molecule has 0 bridgehead atoms. The highest BCUT2D eigenvalue weighted by atomic mass is 79.9. The van der Waals surface area contributed by atoms with E-state index in [0.717, 1.165) is 28.3 Å². The van der Waals surface area contributed by atoms with Crippen LogP contribution in [0, 0.1) is 6.92 Å². The lowest BCUT2D eigenvalue weighted by Gasteiger charge is -2.34. The first kappa shape index (κ1) is 17.3. The molecule has 0 unspecified atom stereocenters. The van der Waals surface area contributed by atoms with Crippen LogP contribution in [0.3, 0.4) is 0 Å². The highest BCUT2D eigenvalue weighted by molar-refractivity contribution is 9.10. The molecule has 0 saturated carbocycles. The van der Waals surface area contributed by atoms with Crippen molar-refractivity contribution in [1.29, 1.82) is 0 Å². The van der Waals surface area contributed by atoms with Gasteiger partial charge in [-0.05, 0) is 68.6 Å². The van der Waals surface area contributed by atoms with Gasteiger partial charge in [-0.25, -0.2) is 9.78 Å². The Morgan fingerprint density at radius 1 is 1.33 bits per heavy atom. The Morgan fingerprint density at radius 2 is 2.00 bits per heavy atom. The Hall–Kier alpha value is -1.56. The molecule has 6 heteroatoms. The van der Waals surface area contributed by atoms with Crippen LogP contribution < -0.4 is 0 Å². The van der Waals surface area contributed by atoms with E-state index in [4.69, 9.17) is 4.74 Å². The number of aryl methyl sites for hydroxylation is 1. The standard InChI is InChI=1S/C18H24BrN3O2/c1-12-11-14-15(19)5-8-20-16(14)22(12)13-6-9-21(10-7-13)17(23)24-18(2,3)4/h5,8,11,13H,6-7,9-10H2,1-4H3. The van der Waals surface area contributed by atoms with Crippen molar-refractivity contribution in [3.8, 4) is 0 Å². The summed E-state index contributed by atoms with van der Waals surface area (Å²) in [5.74, 6) is 0. The summed E-state index contributed by atoms with van der Waals surface area (Å²) in [5.41, 5.74) is 1.77. The Bertz CT molecular complexity index is 755. The first-order chi connectivity index (χ1) is 11.3. The number of likely N-dealkylation sites (tertiary alicyclic amines) is 1. The number of carbonyl (C=O) groups is 1. The van der Waals surface area contributed by atoms with Gasteiger partial charge < -0.3 is 14.2 Å². The maximum atomic E-state index is 12.2. The van der Waals surface area contributed by atoms with Crippen molar-refractivity contribution in [2.45, 2.75) is 52.2 Å². The van der Waals surface area contributed by atoms with Crippen LogP contribution in [0.5, 0.6) is 0 Å². The number of ether oxygens (including phenoxy) is 1. The highest BCUT2D eigenvalue weighted by Crippen LogP contribution is 2.32. The average Bonchev–Trinajstić information content (AvgIpc) is 2.83. The lowest BCUT2D eigenvalue weighted by atomic mass is 10.0. The number of pyridine rings is 1. The Balaban J connectivity index is 1.75. The largest absolute Gasteiger partial charge is 0.444 e. The molecule has 24 heavy (non-hydrogen) atoms. The predicted molar refractivity (Wildman–Crippen MR) is 98.2 cm³/mol. The van der Waals surface area contributed by atoms with Crippen molar-refractivity contribution in [2.75, 3.05) is 13.1 Å². The van der Waals surface area contributed by atoms with Crippen LogP contribution in [-0.2, 0) is 4.74 Å². The smallest absolute Gasteiger partial charge is 0.410 e. The molecule has 5 nitrogen and oxygen atoms in total. The summed E-state index contributed by atoms with van der Waals surface area (Å²) in [7, 11) is 0. The minimum Gasteiger partial charge on any atom is -0.444 e. The van der Waals surface area contributed by atoms with Gasteiger partial charge in [0.15, 0.2) is 0 Å². The monoisotopic (exact) mass is 393 g/mol. The number of hydrogen-bond donors (Lipinski definition) is 0. The summed E-state index contributed by atoms with van der Waals surface area (Å²) in [6.45, 7) is 9.25. The van der Waals surface area contributed by atoms with Gasteiger partial charge in [0.1, 0.15) is 11.2 Å². The fourth-order valence-corrected chi connectivity index (χ4v) is 3.71. The van der Waals surface area contributed by atoms with Crippen molar-refractivity contribution in [2.24, 2.45) is 0 Å². The number of aromatic nitrogens is 2. The van der Waals surface area contributed by atoms with Crippen LogP contribution in [0.2, 0.25) is 0 Å². The number of fused-ring (bicyclic) bond motifs is 1. The number of rotatable bonds is 1. The van der Waals surface area contributed by atoms with E-state index in [0.29, 0.717) is 19.1 Å². The van der Waals surface area contributed by atoms with Crippen LogP contribution in [-0.4, -0.2) is 39.2 Å². The third kappa shape index (κ3) is 3.43. The molecule has 0 radical (unpaired) electrons. The molecule has 0 N–H and O–H groups in total. The van der Waals surface area contributed by atoms with E-state index in [1.807, 2.05) is 37.9 Å². The SMILES string of the molecule is Cc1cc2c(Br)ccnc2n1C1CCN(C(=O)OC(C)(C)C)CC1. The van der Waals surface area contributed by atoms with Crippen LogP contribution in [0.4, 0.5) is 4.79 Å². The molecule has 130 valence electrons. The number of amides is 1. The van der Waals surface area contributed by atoms with Gasteiger partial charge in [-0.2, -0.15) is 0 Å². The van der Waals surface area contributed by atoms with Gasteiger partial charge in [0.2, 0.25) is 0 Å². The van der Waals surface area contributed by atoms with Gasteiger partial charge >= 0.3 is 6.09 Å². The number of carbonyl (C=O) groups excluding carboxylic acids is 1. The topological polar surface area (TPSA) is 47.4 Å². The number of halogens is 1. The fourth-order valence-electron chi connectivity index (χ4n) is 3.30. The second kappa shape index (κ2) is 6.39. The molecule has 1 aliphatic rings. The highest BCUT2D eigenvalue weighted by Gasteiger charge is 2.28. The fraction of sp³-hybridized carbons (Fsp3) is 0.556. The normalized spacial score (nSPS) is 16.6. The van der Waals surface area contributed by atoms with Crippen LogP contribution >= 0.6 is 15.9 Å². The van der Waals surface area contributed by atoms with Crippen molar-refractivity contribution < 1.29 is 9.53 Å². The molecule has 1 aliphatic heterocycles.